The first-order valence-electron chi connectivity index (χ1n) is 7.58. The Morgan fingerprint density at radius 1 is 1.24 bits per heavy atom. The zero-order valence-corrected chi connectivity index (χ0v) is 13.6. The fraction of sp³-hybridized carbons (Fsp3) is 0.222. The van der Waals surface area contributed by atoms with Crippen LogP contribution in [0.1, 0.15) is 24.2 Å². The quantitative estimate of drug-likeness (QED) is 0.893. The number of aliphatic hydroxyl groups is 1. The van der Waals surface area contributed by atoms with Gasteiger partial charge in [0, 0.05) is 30.8 Å². The molecule has 1 heterocycles. The summed E-state index contributed by atoms with van der Waals surface area (Å²) >= 11 is 0. The van der Waals surface area contributed by atoms with Crippen molar-refractivity contribution in [3.05, 3.63) is 65.2 Å². The Morgan fingerprint density at radius 3 is 2.60 bits per heavy atom. The summed E-state index contributed by atoms with van der Waals surface area (Å²) in [5.41, 5.74) is -1.57. The van der Waals surface area contributed by atoms with Crippen molar-refractivity contribution in [1.29, 1.82) is 0 Å². The van der Waals surface area contributed by atoms with Crippen LogP contribution >= 0.6 is 0 Å². The minimum absolute atomic E-state index is 0.314. The molecule has 1 aliphatic heterocycles. The van der Waals surface area contributed by atoms with E-state index in [1.54, 1.807) is 24.3 Å². The SMILES string of the molecule is CC(=O)N[C@@]1([C@H](O)c2cc(F)ccc2F)C(=O)N(C)c2ccccc21. The van der Waals surface area contributed by atoms with Crippen LogP contribution in [-0.2, 0) is 15.1 Å². The normalized spacial score (nSPS) is 20.4. The highest BCUT2D eigenvalue weighted by atomic mass is 19.1. The van der Waals surface area contributed by atoms with Gasteiger partial charge < -0.3 is 15.3 Å². The summed E-state index contributed by atoms with van der Waals surface area (Å²) in [5.74, 6) is -2.87. The molecule has 2 aromatic rings. The third kappa shape index (κ3) is 2.47. The first kappa shape index (κ1) is 17.0. The van der Waals surface area contributed by atoms with Gasteiger partial charge in [-0.15, -0.1) is 0 Å². The number of hydrogen-bond donors (Lipinski definition) is 2. The fourth-order valence-corrected chi connectivity index (χ4v) is 3.28. The standard InChI is InChI=1S/C18H16F2N2O3/c1-10(23)21-18(16(24)12-9-11(19)7-8-14(12)20)13-5-3-4-6-15(13)22(2)17(18)25/h3-9,16,24H,1-2H3,(H,21,23)/t16-,18+/m1/s1. The van der Waals surface area contributed by atoms with E-state index < -0.39 is 40.7 Å². The van der Waals surface area contributed by atoms with Gasteiger partial charge in [0.2, 0.25) is 5.91 Å². The van der Waals surface area contributed by atoms with Crippen molar-refractivity contribution < 1.29 is 23.5 Å². The first-order valence-corrected chi connectivity index (χ1v) is 7.58. The van der Waals surface area contributed by atoms with Crippen LogP contribution < -0.4 is 10.2 Å². The molecule has 130 valence electrons. The lowest BCUT2D eigenvalue weighted by Crippen LogP contribution is -2.55. The molecule has 1 aliphatic rings. The minimum atomic E-state index is -1.94. The molecule has 0 bridgehead atoms. The van der Waals surface area contributed by atoms with Crippen LogP contribution in [0.4, 0.5) is 14.5 Å². The lowest BCUT2D eigenvalue weighted by Gasteiger charge is -2.34. The van der Waals surface area contributed by atoms with Crippen molar-refractivity contribution in [1.82, 2.24) is 5.32 Å². The molecule has 0 aliphatic carbocycles. The van der Waals surface area contributed by atoms with Crippen molar-refractivity contribution in [3.8, 4) is 0 Å². The maximum atomic E-state index is 14.2. The van der Waals surface area contributed by atoms with Gasteiger partial charge in [0.1, 0.15) is 17.7 Å². The molecule has 0 radical (unpaired) electrons. The summed E-state index contributed by atoms with van der Waals surface area (Å²) in [6.45, 7) is 1.19. The Hall–Kier alpha value is -2.80. The second-order valence-electron chi connectivity index (χ2n) is 5.94. The van der Waals surface area contributed by atoms with Crippen LogP contribution in [-0.4, -0.2) is 24.0 Å². The van der Waals surface area contributed by atoms with Gasteiger partial charge in [0.15, 0.2) is 5.54 Å². The highest BCUT2D eigenvalue weighted by Crippen LogP contribution is 2.47. The van der Waals surface area contributed by atoms with E-state index in [4.69, 9.17) is 0 Å². The van der Waals surface area contributed by atoms with Crippen LogP contribution in [0.25, 0.3) is 0 Å². The third-order valence-corrected chi connectivity index (χ3v) is 4.37. The molecule has 0 spiro atoms. The molecule has 2 atom stereocenters. The number of para-hydroxylation sites is 1. The monoisotopic (exact) mass is 346 g/mol. The summed E-state index contributed by atoms with van der Waals surface area (Å²) in [5, 5.41) is 13.4. The second-order valence-corrected chi connectivity index (χ2v) is 5.94. The number of hydrogen-bond acceptors (Lipinski definition) is 3. The van der Waals surface area contributed by atoms with E-state index in [2.05, 4.69) is 5.32 Å². The van der Waals surface area contributed by atoms with Gasteiger partial charge in [-0.2, -0.15) is 0 Å². The number of likely N-dealkylation sites (N-methyl/N-ethyl adjacent to an activating group) is 1. The van der Waals surface area contributed by atoms with E-state index in [9.17, 15) is 23.5 Å². The van der Waals surface area contributed by atoms with Crippen LogP contribution in [0.5, 0.6) is 0 Å². The minimum Gasteiger partial charge on any atom is -0.385 e. The average Bonchev–Trinajstić information content (AvgIpc) is 2.79. The van der Waals surface area contributed by atoms with Gasteiger partial charge in [0.05, 0.1) is 0 Å². The Labute approximate surface area is 142 Å². The maximum Gasteiger partial charge on any atom is 0.260 e. The largest absolute Gasteiger partial charge is 0.385 e. The van der Waals surface area contributed by atoms with E-state index >= 15 is 0 Å². The van der Waals surface area contributed by atoms with E-state index in [-0.39, 0.29) is 0 Å². The van der Waals surface area contributed by atoms with Crippen LogP contribution in [0.3, 0.4) is 0 Å². The number of nitrogens with one attached hydrogen (secondary N) is 1. The van der Waals surface area contributed by atoms with E-state index in [0.29, 0.717) is 11.3 Å². The lowest BCUT2D eigenvalue weighted by atomic mass is 9.81. The third-order valence-electron chi connectivity index (χ3n) is 4.37. The molecule has 2 aromatic carbocycles. The summed E-state index contributed by atoms with van der Waals surface area (Å²) in [6, 6.07) is 9.13. The molecular weight excluding hydrogens is 330 g/mol. The van der Waals surface area contributed by atoms with Gasteiger partial charge >= 0.3 is 0 Å². The van der Waals surface area contributed by atoms with E-state index in [0.717, 1.165) is 18.2 Å². The Morgan fingerprint density at radius 2 is 1.92 bits per heavy atom. The number of carbonyl (C=O) groups is 2. The number of halogens is 2. The van der Waals surface area contributed by atoms with Gasteiger partial charge in [0.25, 0.3) is 5.91 Å². The molecule has 2 amide bonds. The average molecular weight is 346 g/mol. The van der Waals surface area contributed by atoms with Crippen molar-refractivity contribution in [2.45, 2.75) is 18.6 Å². The predicted octanol–water partition coefficient (Wildman–Crippen LogP) is 2.01. The predicted molar refractivity (Wildman–Crippen MR) is 86.7 cm³/mol. The molecule has 0 unspecified atom stereocenters. The summed E-state index contributed by atoms with van der Waals surface area (Å²) in [4.78, 5) is 26.0. The zero-order valence-electron chi connectivity index (χ0n) is 13.6. The molecule has 5 nitrogen and oxygen atoms in total. The molecule has 2 N–H and O–H groups in total. The molecule has 0 fully saturated rings. The number of benzene rings is 2. The highest BCUT2D eigenvalue weighted by Gasteiger charge is 2.56. The number of fused-ring (bicyclic) bond motifs is 1. The van der Waals surface area contributed by atoms with E-state index in [1.807, 2.05) is 0 Å². The van der Waals surface area contributed by atoms with Crippen LogP contribution in [0.15, 0.2) is 42.5 Å². The molecule has 7 heteroatoms. The number of aliphatic hydroxyl groups excluding tert-OH is 1. The van der Waals surface area contributed by atoms with Crippen molar-refractivity contribution in [3.63, 3.8) is 0 Å². The summed E-state index contributed by atoms with van der Waals surface area (Å²) < 4.78 is 27.8. The fourth-order valence-electron chi connectivity index (χ4n) is 3.28. The highest BCUT2D eigenvalue weighted by molar-refractivity contribution is 6.09. The van der Waals surface area contributed by atoms with Gasteiger partial charge in [-0.05, 0) is 24.3 Å². The van der Waals surface area contributed by atoms with Crippen molar-refractivity contribution in [2.24, 2.45) is 0 Å². The molecule has 0 saturated carbocycles. The first-order chi connectivity index (χ1) is 11.8. The van der Waals surface area contributed by atoms with Gasteiger partial charge in [-0.3, -0.25) is 9.59 Å². The topological polar surface area (TPSA) is 69.6 Å². The second kappa shape index (κ2) is 5.93. The number of carbonyl (C=O) groups excluding carboxylic acids is 2. The van der Waals surface area contributed by atoms with Crippen molar-refractivity contribution in [2.75, 3.05) is 11.9 Å². The zero-order chi connectivity index (χ0) is 18.4. The lowest BCUT2D eigenvalue weighted by molar-refractivity contribution is -0.135. The molecule has 3 rings (SSSR count). The molecule has 0 aromatic heterocycles. The van der Waals surface area contributed by atoms with E-state index in [1.165, 1.54) is 18.9 Å². The van der Waals surface area contributed by atoms with Crippen LogP contribution in [0.2, 0.25) is 0 Å². The number of anilines is 1. The molecular formula is C18H16F2N2O3. The van der Waals surface area contributed by atoms with Crippen LogP contribution in [0, 0.1) is 11.6 Å². The van der Waals surface area contributed by atoms with Crippen molar-refractivity contribution >= 4 is 17.5 Å². The van der Waals surface area contributed by atoms with Gasteiger partial charge in [-0.1, -0.05) is 18.2 Å². The Balaban J connectivity index is 2.26. The number of rotatable bonds is 3. The summed E-state index contributed by atoms with van der Waals surface area (Å²) in [6.07, 6.45) is -1.81. The molecule has 0 saturated heterocycles. The number of nitrogens with zero attached hydrogens (tertiary/aromatic N) is 1. The molecule has 25 heavy (non-hydrogen) atoms. The number of amides is 2. The van der Waals surface area contributed by atoms with Gasteiger partial charge in [-0.25, -0.2) is 8.78 Å². The Bertz CT molecular complexity index is 871. The Kier molecular flexibility index (Phi) is 4.04. The maximum absolute atomic E-state index is 14.2. The summed E-state index contributed by atoms with van der Waals surface area (Å²) in [7, 11) is 1.49. The smallest absolute Gasteiger partial charge is 0.260 e.